The Balaban J connectivity index is 2.27. The number of ether oxygens (including phenoxy) is 1. The summed E-state index contributed by atoms with van der Waals surface area (Å²) >= 11 is 0. The molecule has 0 radical (unpaired) electrons. The number of benzene rings is 1. The fourth-order valence-electron chi connectivity index (χ4n) is 1.78. The van der Waals surface area contributed by atoms with E-state index in [9.17, 15) is 0 Å². The second-order valence-corrected chi connectivity index (χ2v) is 3.56. The molecule has 0 spiro atoms. The van der Waals surface area contributed by atoms with Gasteiger partial charge in [-0.15, -0.1) is 0 Å². The van der Waals surface area contributed by atoms with Crippen molar-refractivity contribution in [3.05, 3.63) is 29.3 Å². The molecule has 0 aliphatic carbocycles. The molecule has 1 heterocycles. The van der Waals surface area contributed by atoms with Gasteiger partial charge in [0, 0.05) is 18.1 Å². The highest BCUT2D eigenvalue weighted by Crippen LogP contribution is 2.35. The van der Waals surface area contributed by atoms with Gasteiger partial charge in [0.15, 0.2) is 0 Å². The van der Waals surface area contributed by atoms with E-state index < -0.39 is 0 Å². The topological polar surface area (TPSA) is 29.5 Å². The molecule has 13 heavy (non-hydrogen) atoms. The SMILES string of the molecule is Cc1ccc2c(c1)OCC2CCO. The summed E-state index contributed by atoms with van der Waals surface area (Å²) in [6.45, 7) is 3.02. The molecule has 70 valence electrons. The first-order chi connectivity index (χ1) is 6.31. The van der Waals surface area contributed by atoms with Gasteiger partial charge in [0.05, 0.1) is 6.61 Å². The average Bonchev–Trinajstić information content (AvgIpc) is 2.49. The molecule has 0 saturated carbocycles. The summed E-state index contributed by atoms with van der Waals surface area (Å²) in [6.07, 6.45) is 0.802. The number of aryl methyl sites for hydroxylation is 1. The van der Waals surface area contributed by atoms with Crippen LogP contribution in [-0.4, -0.2) is 18.3 Å². The average molecular weight is 178 g/mol. The monoisotopic (exact) mass is 178 g/mol. The number of hydrogen-bond donors (Lipinski definition) is 1. The minimum atomic E-state index is 0.237. The first-order valence-electron chi connectivity index (χ1n) is 4.65. The van der Waals surface area contributed by atoms with E-state index in [4.69, 9.17) is 9.84 Å². The number of rotatable bonds is 2. The van der Waals surface area contributed by atoms with E-state index in [1.165, 1.54) is 11.1 Å². The standard InChI is InChI=1S/C11H14O2/c1-8-2-3-10-9(4-5-12)7-13-11(10)6-8/h2-3,6,9,12H,4-5,7H2,1H3. The van der Waals surface area contributed by atoms with Crippen molar-refractivity contribution in [1.82, 2.24) is 0 Å². The molecular formula is C11H14O2. The second-order valence-electron chi connectivity index (χ2n) is 3.56. The van der Waals surface area contributed by atoms with E-state index >= 15 is 0 Å². The van der Waals surface area contributed by atoms with E-state index in [1.807, 2.05) is 0 Å². The van der Waals surface area contributed by atoms with Crippen molar-refractivity contribution in [3.8, 4) is 5.75 Å². The summed E-state index contributed by atoms with van der Waals surface area (Å²) in [7, 11) is 0. The molecule has 2 heteroatoms. The lowest BCUT2D eigenvalue weighted by Gasteiger charge is -2.05. The fraction of sp³-hybridized carbons (Fsp3) is 0.455. The van der Waals surface area contributed by atoms with Crippen LogP contribution < -0.4 is 4.74 Å². The molecule has 1 atom stereocenters. The zero-order valence-corrected chi connectivity index (χ0v) is 7.79. The van der Waals surface area contributed by atoms with Crippen LogP contribution >= 0.6 is 0 Å². The van der Waals surface area contributed by atoms with E-state index in [-0.39, 0.29) is 6.61 Å². The van der Waals surface area contributed by atoms with E-state index in [2.05, 4.69) is 25.1 Å². The van der Waals surface area contributed by atoms with Crippen molar-refractivity contribution >= 4 is 0 Å². The lowest BCUT2D eigenvalue weighted by Crippen LogP contribution is -2.02. The largest absolute Gasteiger partial charge is 0.493 e. The Morgan fingerprint density at radius 3 is 3.15 bits per heavy atom. The Bertz CT molecular complexity index is 307. The Kier molecular flexibility index (Phi) is 2.23. The molecule has 0 aromatic heterocycles. The molecule has 1 aliphatic heterocycles. The van der Waals surface area contributed by atoms with Gasteiger partial charge in [0.25, 0.3) is 0 Å². The highest BCUT2D eigenvalue weighted by atomic mass is 16.5. The zero-order valence-electron chi connectivity index (χ0n) is 7.79. The third-order valence-corrected chi connectivity index (χ3v) is 2.53. The van der Waals surface area contributed by atoms with Crippen molar-refractivity contribution in [2.24, 2.45) is 0 Å². The first kappa shape index (κ1) is 8.57. The van der Waals surface area contributed by atoms with Crippen LogP contribution in [0.2, 0.25) is 0 Å². The number of aliphatic hydroxyl groups excluding tert-OH is 1. The Morgan fingerprint density at radius 2 is 2.38 bits per heavy atom. The predicted octanol–water partition coefficient (Wildman–Crippen LogP) is 1.85. The molecule has 0 saturated heterocycles. The molecule has 0 amide bonds. The summed E-state index contributed by atoms with van der Waals surface area (Å²) in [5.41, 5.74) is 2.48. The summed E-state index contributed by atoms with van der Waals surface area (Å²) in [5.74, 6) is 1.39. The predicted molar refractivity (Wildman–Crippen MR) is 51.1 cm³/mol. The zero-order chi connectivity index (χ0) is 9.26. The Hall–Kier alpha value is -1.02. The maximum absolute atomic E-state index is 8.85. The summed E-state index contributed by atoms with van der Waals surface area (Å²) < 4.78 is 5.53. The van der Waals surface area contributed by atoms with Crippen LogP contribution in [0.4, 0.5) is 0 Å². The Morgan fingerprint density at radius 1 is 1.54 bits per heavy atom. The highest BCUT2D eigenvalue weighted by Gasteiger charge is 2.22. The van der Waals surface area contributed by atoms with Gasteiger partial charge in [-0.1, -0.05) is 12.1 Å². The summed E-state index contributed by atoms with van der Waals surface area (Å²) in [5, 5.41) is 8.85. The van der Waals surface area contributed by atoms with Crippen LogP contribution in [0.3, 0.4) is 0 Å². The third kappa shape index (κ3) is 1.54. The van der Waals surface area contributed by atoms with Gasteiger partial charge in [-0.25, -0.2) is 0 Å². The fourth-order valence-corrected chi connectivity index (χ4v) is 1.78. The minimum Gasteiger partial charge on any atom is -0.493 e. The third-order valence-electron chi connectivity index (χ3n) is 2.53. The van der Waals surface area contributed by atoms with E-state index in [1.54, 1.807) is 0 Å². The van der Waals surface area contributed by atoms with E-state index in [0.29, 0.717) is 5.92 Å². The maximum Gasteiger partial charge on any atom is 0.123 e. The molecule has 1 N–H and O–H groups in total. The van der Waals surface area contributed by atoms with Gasteiger partial charge >= 0.3 is 0 Å². The van der Waals surface area contributed by atoms with Gasteiger partial charge in [-0.3, -0.25) is 0 Å². The molecule has 1 aromatic carbocycles. The quantitative estimate of drug-likeness (QED) is 0.749. The molecule has 1 aromatic rings. The number of fused-ring (bicyclic) bond motifs is 1. The van der Waals surface area contributed by atoms with E-state index in [0.717, 1.165) is 18.8 Å². The Labute approximate surface area is 78.2 Å². The van der Waals surface area contributed by atoms with Crippen molar-refractivity contribution in [2.45, 2.75) is 19.3 Å². The minimum absolute atomic E-state index is 0.237. The molecule has 1 unspecified atom stereocenters. The van der Waals surface area contributed by atoms with Crippen molar-refractivity contribution in [3.63, 3.8) is 0 Å². The first-order valence-corrected chi connectivity index (χ1v) is 4.65. The molecule has 1 aliphatic rings. The van der Waals surface area contributed by atoms with Crippen molar-refractivity contribution < 1.29 is 9.84 Å². The van der Waals surface area contributed by atoms with Gasteiger partial charge in [0.1, 0.15) is 5.75 Å². The molecule has 2 rings (SSSR count). The van der Waals surface area contributed by atoms with Crippen LogP contribution in [0.5, 0.6) is 5.75 Å². The summed E-state index contributed by atoms with van der Waals surface area (Å²) in [4.78, 5) is 0. The number of hydrogen-bond acceptors (Lipinski definition) is 2. The van der Waals surface area contributed by atoms with Crippen molar-refractivity contribution in [2.75, 3.05) is 13.2 Å². The normalized spacial score (nSPS) is 19.7. The molecule has 0 fully saturated rings. The smallest absolute Gasteiger partial charge is 0.123 e. The highest BCUT2D eigenvalue weighted by molar-refractivity contribution is 5.42. The van der Waals surface area contributed by atoms with Crippen LogP contribution in [0.1, 0.15) is 23.5 Å². The lowest BCUT2D eigenvalue weighted by atomic mass is 9.97. The van der Waals surface area contributed by atoms with Crippen LogP contribution in [0.25, 0.3) is 0 Å². The van der Waals surface area contributed by atoms with Crippen molar-refractivity contribution in [1.29, 1.82) is 0 Å². The van der Waals surface area contributed by atoms with Gasteiger partial charge in [-0.2, -0.15) is 0 Å². The lowest BCUT2D eigenvalue weighted by molar-refractivity contribution is 0.254. The van der Waals surface area contributed by atoms with Crippen LogP contribution in [-0.2, 0) is 0 Å². The van der Waals surface area contributed by atoms with Gasteiger partial charge < -0.3 is 9.84 Å². The van der Waals surface area contributed by atoms with Gasteiger partial charge in [0.2, 0.25) is 0 Å². The second kappa shape index (κ2) is 3.38. The molecular weight excluding hydrogens is 164 g/mol. The number of aliphatic hydroxyl groups is 1. The summed E-state index contributed by atoms with van der Waals surface area (Å²) in [6, 6.07) is 6.27. The van der Waals surface area contributed by atoms with Crippen LogP contribution in [0.15, 0.2) is 18.2 Å². The van der Waals surface area contributed by atoms with Gasteiger partial charge in [-0.05, 0) is 25.0 Å². The molecule has 0 bridgehead atoms. The van der Waals surface area contributed by atoms with Crippen LogP contribution in [0, 0.1) is 6.92 Å². The maximum atomic E-state index is 8.85. The molecule has 2 nitrogen and oxygen atoms in total.